The fraction of sp³-hybridized carbons (Fsp3) is 0.312. The molecule has 1 amide bonds. The van der Waals surface area contributed by atoms with E-state index < -0.39 is 0 Å². The van der Waals surface area contributed by atoms with Gasteiger partial charge in [-0.1, -0.05) is 42.0 Å². The maximum absolute atomic E-state index is 11.1. The van der Waals surface area contributed by atoms with Crippen LogP contribution in [-0.4, -0.2) is 24.4 Å². The molecule has 0 N–H and O–H groups in total. The molecule has 0 aromatic heterocycles. The molecule has 0 atom stereocenters. The van der Waals surface area contributed by atoms with Crippen LogP contribution in [0, 0.1) is 6.92 Å². The molecule has 0 saturated carbocycles. The highest BCUT2D eigenvalue weighted by Gasteiger charge is 2.03. The molecular weight excluding hydrogens is 222 g/mol. The van der Waals surface area contributed by atoms with Gasteiger partial charge in [-0.05, 0) is 29.7 Å². The van der Waals surface area contributed by atoms with E-state index in [0.29, 0.717) is 0 Å². The molecule has 2 aromatic rings. The Morgan fingerprint density at radius 2 is 1.78 bits per heavy atom. The maximum atomic E-state index is 11.1. The first-order valence-electron chi connectivity index (χ1n) is 6.27. The van der Waals surface area contributed by atoms with Gasteiger partial charge < -0.3 is 4.90 Å². The van der Waals surface area contributed by atoms with Crippen molar-refractivity contribution in [2.45, 2.75) is 20.3 Å². The summed E-state index contributed by atoms with van der Waals surface area (Å²) in [5.41, 5.74) is 2.56. The first-order valence-corrected chi connectivity index (χ1v) is 6.27. The quantitative estimate of drug-likeness (QED) is 0.808. The second kappa shape index (κ2) is 5.21. The van der Waals surface area contributed by atoms with Gasteiger partial charge in [0.15, 0.2) is 0 Å². The topological polar surface area (TPSA) is 20.3 Å². The Morgan fingerprint density at radius 1 is 1.11 bits per heavy atom. The Kier molecular flexibility index (Phi) is 3.66. The van der Waals surface area contributed by atoms with Crippen molar-refractivity contribution in [3.63, 3.8) is 0 Å². The van der Waals surface area contributed by atoms with Gasteiger partial charge in [-0.3, -0.25) is 4.79 Å². The van der Waals surface area contributed by atoms with Crippen LogP contribution in [0.4, 0.5) is 0 Å². The van der Waals surface area contributed by atoms with Crippen LogP contribution < -0.4 is 0 Å². The summed E-state index contributed by atoms with van der Waals surface area (Å²) < 4.78 is 0. The predicted molar refractivity (Wildman–Crippen MR) is 75.7 cm³/mol. The smallest absolute Gasteiger partial charge is 0.219 e. The van der Waals surface area contributed by atoms with Crippen LogP contribution >= 0.6 is 0 Å². The molecule has 0 spiro atoms. The van der Waals surface area contributed by atoms with Crippen LogP contribution in [0.5, 0.6) is 0 Å². The third kappa shape index (κ3) is 2.89. The van der Waals surface area contributed by atoms with Crippen molar-refractivity contribution < 1.29 is 4.79 Å². The normalized spacial score (nSPS) is 10.6. The van der Waals surface area contributed by atoms with E-state index in [9.17, 15) is 4.79 Å². The van der Waals surface area contributed by atoms with Gasteiger partial charge in [-0.15, -0.1) is 0 Å². The van der Waals surface area contributed by atoms with Crippen LogP contribution in [0.1, 0.15) is 18.1 Å². The standard InChI is InChI=1S/C16H19NO/c1-12-4-6-16-11-14(5-7-15(16)10-12)8-9-17(3)13(2)18/h4-7,10-11H,8-9H2,1-3H3. The molecule has 0 radical (unpaired) electrons. The van der Waals surface area contributed by atoms with Gasteiger partial charge in [0.1, 0.15) is 0 Å². The fourth-order valence-electron chi connectivity index (χ4n) is 2.02. The monoisotopic (exact) mass is 241 g/mol. The summed E-state index contributed by atoms with van der Waals surface area (Å²) in [6.45, 7) is 4.48. The lowest BCUT2D eigenvalue weighted by Gasteiger charge is -2.14. The van der Waals surface area contributed by atoms with Crippen molar-refractivity contribution >= 4 is 16.7 Å². The van der Waals surface area contributed by atoms with E-state index in [0.717, 1.165) is 13.0 Å². The van der Waals surface area contributed by atoms with Gasteiger partial charge in [0.2, 0.25) is 5.91 Å². The van der Waals surface area contributed by atoms with E-state index in [4.69, 9.17) is 0 Å². The number of nitrogens with zero attached hydrogens (tertiary/aromatic N) is 1. The van der Waals surface area contributed by atoms with Gasteiger partial charge >= 0.3 is 0 Å². The number of likely N-dealkylation sites (N-methyl/N-ethyl adjacent to an activating group) is 1. The Hall–Kier alpha value is -1.83. The van der Waals surface area contributed by atoms with E-state index in [-0.39, 0.29) is 5.91 Å². The highest BCUT2D eigenvalue weighted by molar-refractivity contribution is 5.83. The summed E-state index contributed by atoms with van der Waals surface area (Å²) in [5.74, 6) is 0.117. The summed E-state index contributed by atoms with van der Waals surface area (Å²) in [4.78, 5) is 12.9. The zero-order valence-electron chi connectivity index (χ0n) is 11.2. The lowest BCUT2D eigenvalue weighted by atomic mass is 10.0. The molecule has 94 valence electrons. The fourth-order valence-corrected chi connectivity index (χ4v) is 2.02. The molecule has 18 heavy (non-hydrogen) atoms. The molecule has 2 heteroatoms. The summed E-state index contributed by atoms with van der Waals surface area (Å²) in [7, 11) is 1.84. The minimum Gasteiger partial charge on any atom is -0.346 e. The molecule has 0 heterocycles. The SMILES string of the molecule is CC(=O)N(C)CCc1ccc2cc(C)ccc2c1. The Labute approximate surface area is 108 Å². The van der Waals surface area contributed by atoms with Crippen LogP contribution in [0.3, 0.4) is 0 Å². The Balaban J connectivity index is 2.15. The third-order valence-corrected chi connectivity index (χ3v) is 3.33. The van der Waals surface area contributed by atoms with Gasteiger partial charge in [0.25, 0.3) is 0 Å². The molecule has 0 bridgehead atoms. The van der Waals surface area contributed by atoms with Crippen molar-refractivity contribution in [2.24, 2.45) is 0 Å². The Bertz CT molecular complexity index is 574. The van der Waals surface area contributed by atoms with Crippen molar-refractivity contribution in [1.29, 1.82) is 0 Å². The molecule has 2 aromatic carbocycles. The number of fused-ring (bicyclic) bond motifs is 1. The van der Waals surface area contributed by atoms with Crippen LogP contribution in [0.15, 0.2) is 36.4 Å². The molecule has 0 saturated heterocycles. The van der Waals surface area contributed by atoms with Crippen molar-refractivity contribution in [3.05, 3.63) is 47.5 Å². The zero-order chi connectivity index (χ0) is 13.1. The first kappa shape index (κ1) is 12.6. The molecule has 0 aliphatic carbocycles. The van der Waals surface area contributed by atoms with E-state index >= 15 is 0 Å². The number of amides is 1. The summed E-state index contributed by atoms with van der Waals surface area (Å²) in [6.07, 6.45) is 0.903. The van der Waals surface area contributed by atoms with E-state index in [2.05, 4.69) is 43.3 Å². The average molecular weight is 241 g/mol. The molecule has 0 aliphatic heterocycles. The van der Waals surface area contributed by atoms with Gasteiger partial charge in [-0.2, -0.15) is 0 Å². The molecule has 0 aliphatic rings. The van der Waals surface area contributed by atoms with E-state index in [1.807, 2.05) is 7.05 Å². The number of rotatable bonds is 3. The number of aryl methyl sites for hydroxylation is 1. The highest BCUT2D eigenvalue weighted by Crippen LogP contribution is 2.18. The van der Waals surface area contributed by atoms with Crippen molar-refractivity contribution in [1.82, 2.24) is 4.90 Å². The molecule has 2 rings (SSSR count). The lowest BCUT2D eigenvalue weighted by Crippen LogP contribution is -2.26. The summed E-state index contributed by atoms with van der Waals surface area (Å²) >= 11 is 0. The van der Waals surface area contributed by atoms with E-state index in [1.165, 1.54) is 21.9 Å². The van der Waals surface area contributed by atoms with Crippen molar-refractivity contribution in [3.8, 4) is 0 Å². The molecule has 0 fully saturated rings. The number of carbonyl (C=O) groups is 1. The lowest BCUT2D eigenvalue weighted by molar-refractivity contribution is -0.127. The number of hydrogen-bond acceptors (Lipinski definition) is 1. The molecular formula is C16H19NO. The largest absolute Gasteiger partial charge is 0.346 e. The minimum atomic E-state index is 0.117. The third-order valence-electron chi connectivity index (χ3n) is 3.33. The maximum Gasteiger partial charge on any atom is 0.219 e. The first-order chi connectivity index (χ1) is 8.56. The second-order valence-corrected chi connectivity index (χ2v) is 4.88. The van der Waals surface area contributed by atoms with E-state index in [1.54, 1.807) is 11.8 Å². The van der Waals surface area contributed by atoms with Crippen LogP contribution in [0.2, 0.25) is 0 Å². The highest BCUT2D eigenvalue weighted by atomic mass is 16.2. The van der Waals surface area contributed by atoms with Crippen molar-refractivity contribution in [2.75, 3.05) is 13.6 Å². The second-order valence-electron chi connectivity index (χ2n) is 4.88. The number of hydrogen-bond donors (Lipinski definition) is 0. The number of carbonyl (C=O) groups excluding carboxylic acids is 1. The summed E-state index contributed by atoms with van der Waals surface area (Å²) in [5, 5.41) is 2.54. The zero-order valence-corrected chi connectivity index (χ0v) is 11.2. The molecule has 0 unspecified atom stereocenters. The van der Waals surface area contributed by atoms with Gasteiger partial charge in [-0.25, -0.2) is 0 Å². The van der Waals surface area contributed by atoms with Crippen LogP contribution in [-0.2, 0) is 11.2 Å². The summed E-state index contributed by atoms with van der Waals surface area (Å²) in [6, 6.07) is 13.0. The average Bonchev–Trinajstić information content (AvgIpc) is 2.35. The van der Waals surface area contributed by atoms with Gasteiger partial charge in [0, 0.05) is 20.5 Å². The Morgan fingerprint density at radius 3 is 2.50 bits per heavy atom. The van der Waals surface area contributed by atoms with Crippen LogP contribution in [0.25, 0.3) is 10.8 Å². The minimum absolute atomic E-state index is 0.117. The van der Waals surface area contributed by atoms with Gasteiger partial charge in [0.05, 0.1) is 0 Å². The molecule has 2 nitrogen and oxygen atoms in total. The predicted octanol–water partition coefficient (Wildman–Crippen LogP) is 3.17. The number of benzene rings is 2.